The lowest BCUT2D eigenvalue weighted by molar-refractivity contribution is -0.0500. The minimum atomic E-state index is -2.89. The summed E-state index contributed by atoms with van der Waals surface area (Å²) in [7, 11) is 0. The van der Waals surface area contributed by atoms with Crippen molar-refractivity contribution in [2.75, 3.05) is 5.32 Å². The molecule has 0 atom stereocenters. The topological polar surface area (TPSA) is 59.9 Å². The second-order valence-corrected chi connectivity index (χ2v) is 6.65. The summed E-state index contributed by atoms with van der Waals surface area (Å²) in [6, 6.07) is 7.54. The van der Waals surface area contributed by atoms with Crippen LogP contribution in [-0.2, 0) is 6.54 Å². The number of pyridine rings is 1. The Bertz CT molecular complexity index is 860. The number of hydrogen-bond donors (Lipinski definition) is 1. The molecule has 0 saturated carbocycles. The third-order valence-electron chi connectivity index (χ3n) is 3.03. The van der Waals surface area contributed by atoms with Gasteiger partial charge in [0.05, 0.1) is 18.4 Å². The summed E-state index contributed by atoms with van der Waals surface area (Å²) in [4.78, 5) is 4.01. The molecular weight excluding hydrogens is 421 g/mol. The number of nitrogens with zero attached hydrogens (tertiary/aromatic N) is 3. The third-order valence-corrected chi connectivity index (χ3v) is 4.43. The molecule has 0 bridgehead atoms. The van der Waals surface area contributed by atoms with Gasteiger partial charge < -0.3 is 10.1 Å². The Morgan fingerprint density at radius 2 is 2.04 bits per heavy atom. The Morgan fingerprint density at radius 3 is 2.76 bits per heavy atom. The van der Waals surface area contributed by atoms with E-state index in [0.717, 1.165) is 4.47 Å². The molecule has 0 unspecified atom stereocenters. The summed E-state index contributed by atoms with van der Waals surface area (Å²) in [6.07, 6.45) is 1.21. The summed E-state index contributed by atoms with van der Waals surface area (Å²) in [5.74, 6) is -0.399. The molecule has 10 heteroatoms. The lowest BCUT2D eigenvalue weighted by Crippen LogP contribution is -2.04. The van der Waals surface area contributed by atoms with E-state index in [9.17, 15) is 13.2 Å². The van der Waals surface area contributed by atoms with Crippen molar-refractivity contribution in [1.29, 1.82) is 0 Å². The van der Waals surface area contributed by atoms with Crippen molar-refractivity contribution in [3.05, 3.63) is 52.5 Å². The van der Waals surface area contributed by atoms with Crippen molar-refractivity contribution < 1.29 is 17.9 Å². The molecule has 2 heterocycles. The lowest BCUT2D eigenvalue weighted by Gasteiger charge is -2.05. The van der Waals surface area contributed by atoms with E-state index in [1.807, 2.05) is 0 Å². The largest absolute Gasteiger partial charge is 0.433 e. The molecule has 0 spiro atoms. The van der Waals surface area contributed by atoms with Gasteiger partial charge in [0.1, 0.15) is 11.6 Å². The maximum absolute atomic E-state index is 13.9. The first-order chi connectivity index (χ1) is 12.0. The van der Waals surface area contributed by atoms with Gasteiger partial charge in [-0.05, 0) is 30.3 Å². The highest BCUT2D eigenvalue weighted by Crippen LogP contribution is 2.30. The number of halogens is 4. The van der Waals surface area contributed by atoms with Crippen LogP contribution in [0.1, 0.15) is 5.69 Å². The fraction of sp³-hybridized carbons (Fsp3) is 0.133. The van der Waals surface area contributed by atoms with Crippen LogP contribution in [0.3, 0.4) is 0 Å². The molecule has 3 aromatic rings. The van der Waals surface area contributed by atoms with E-state index in [-0.39, 0.29) is 11.6 Å². The van der Waals surface area contributed by atoms with Crippen LogP contribution < -0.4 is 10.1 Å². The zero-order chi connectivity index (χ0) is 17.8. The van der Waals surface area contributed by atoms with Crippen molar-refractivity contribution in [2.45, 2.75) is 13.2 Å². The number of aromatic nitrogens is 3. The number of ether oxygens (including phenoxy) is 1. The second-order valence-electron chi connectivity index (χ2n) is 4.75. The molecule has 3 rings (SSSR count). The van der Waals surface area contributed by atoms with Gasteiger partial charge in [0.2, 0.25) is 5.13 Å². The number of anilines is 1. The maximum Gasteiger partial charge on any atom is 0.387 e. The number of nitrogens with one attached hydrogen (secondary N) is 1. The molecule has 0 fully saturated rings. The highest BCUT2D eigenvalue weighted by molar-refractivity contribution is 9.10. The van der Waals surface area contributed by atoms with Gasteiger partial charge in [-0.1, -0.05) is 27.3 Å². The molecule has 0 amide bonds. The summed E-state index contributed by atoms with van der Waals surface area (Å²) < 4.78 is 43.0. The Labute approximate surface area is 153 Å². The van der Waals surface area contributed by atoms with Crippen LogP contribution >= 0.6 is 27.3 Å². The van der Waals surface area contributed by atoms with Gasteiger partial charge in [0, 0.05) is 10.0 Å². The van der Waals surface area contributed by atoms with E-state index in [2.05, 4.69) is 41.2 Å². The fourth-order valence-electron chi connectivity index (χ4n) is 1.92. The monoisotopic (exact) mass is 430 g/mol. The van der Waals surface area contributed by atoms with Gasteiger partial charge in [-0.3, -0.25) is 4.98 Å². The molecule has 0 radical (unpaired) electrons. The van der Waals surface area contributed by atoms with Crippen molar-refractivity contribution in [2.24, 2.45) is 0 Å². The van der Waals surface area contributed by atoms with Crippen LogP contribution in [0, 0.1) is 5.82 Å². The van der Waals surface area contributed by atoms with Gasteiger partial charge >= 0.3 is 6.61 Å². The van der Waals surface area contributed by atoms with E-state index in [1.165, 1.54) is 29.7 Å². The first-order valence-electron chi connectivity index (χ1n) is 6.94. The van der Waals surface area contributed by atoms with Crippen LogP contribution in [-0.4, -0.2) is 21.8 Å². The molecular formula is C15H10BrF3N4OS. The van der Waals surface area contributed by atoms with Crippen LogP contribution in [0.4, 0.5) is 18.3 Å². The molecule has 130 valence electrons. The molecule has 0 aliphatic carbocycles. The molecule has 0 saturated heterocycles. The minimum absolute atomic E-state index is 0.0120. The van der Waals surface area contributed by atoms with E-state index >= 15 is 0 Å². The minimum Gasteiger partial charge on any atom is -0.433 e. The summed E-state index contributed by atoms with van der Waals surface area (Å²) >= 11 is 4.48. The van der Waals surface area contributed by atoms with E-state index in [4.69, 9.17) is 0 Å². The zero-order valence-electron chi connectivity index (χ0n) is 12.4. The molecule has 0 aliphatic rings. The smallest absolute Gasteiger partial charge is 0.387 e. The number of alkyl halides is 2. The van der Waals surface area contributed by atoms with E-state index < -0.39 is 6.61 Å². The third kappa shape index (κ3) is 4.67. The molecule has 5 nitrogen and oxygen atoms in total. The van der Waals surface area contributed by atoms with E-state index in [0.29, 0.717) is 27.9 Å². The zero-order valence-corrected chi connectivity index (χ0v) is 14.8. The molecule has 1 N–H and O–H groups in total. The van der Waals surface area contributed by atoms with E-state index in [1.54, 1.807) is 18.2 Å². The second kappa shape index (κ2) is 7.79. The summed E-state index contributed by atoms with van der Waals surface area (Å²) in [6.45, 7) is -2.58. The maximum atomic E-state index is 13.9. The van der Waals surface area contributed by atoms with Crippen molar-refractivity contribution >= 4 is 32.4 Å². The normalized spacial score (nSPS) is 10.9. The van der Waals surface area contributed by atoms with Crippen LogP contribution in [0.25, 0.3) is 10.6 Å². The molecule has 0 aliphatic heterocycles. The Morgan fingerprint density at radius 1 is 1.20 bits per heavy atom. The molecule has 25 heavy (non-hydrogen) atoms. The Hall–Kier alpha value is -2.20. The standard InChI is InChI=1S/C15H10BrF3N4OS/c16-8-1-4-12(17)11(5-8)13-22-23-15(25-13)21-6-9-2-3-10(7-20-9)24-14(18)19/h1-5,7,14H,6H2,(H,21,23). The van der Waals surface area contributed by atoms with Gasteiger partial charge in [-0.2, -0.15) is 8.78 Å². The van der Waals surface area contributed by atoms with Crippen LogP contribution in [0.2, 0.25) is 0 Å². The lowest BCUT2D eigenvalue weighted by atomic mass is 10.2. The SMILES string of the molecule is Fc1ccc(Br)cc1-c1nnc(NCc2ccc(OC(F)F)cn2)s1. The van der Waals surface area contributed by atoms with Crippen LogP contribution in [0.5, 0.6) is 5.75 Å². The molecule has 1 aromatic carbocycles. The quantitative estimate of drug-likeness (QED) is 0.613. The fourth-order valence-corrected chi connectivity index (χ4v) is 3.04. The highest BCUT2D eigenvalue weighted by Gasteiger charge is 2.12. The predicted molar refractivity (Wildman–Crippen MR) is 91.2 cm³/mol. The number of hydrogen-bond acceptors (Lipinski definition) is 6. The average molecular weight is 431 g/mol. The van der Waals surface area contributed by atoms with Gasteiger partial charge in [-0.25, -0.2) is 4.39 Å². The summed E-state index contributed by atoms with van der Waals surface area (Å²) in [5, 5.41) is 11.9. The van der Waals surface area contributed by atoms with Crippen LogP contribution in [0.15, 0.2) is 41.0 Å². The number of rotatable bonds is 6. The van der Waals surface area contributed by atoms with Crippen molar-refractivity contribution in [3.8, 4) is 16.3 Å². The molecule has 2 aromatic heterocycles. The predicted octanol–water partition coefficient (Wildman–Crippen LogP) is 4.72. The first-order valence-corrected chi connectivity index (χ1v) is 8.55. The number of benzene rings is 1. The Kier molecular flexibility index (Phi) is 5.49. The average Bonchev–Trinajstić information content (AvgIpc) is 3.05. The van der Waals surface area contributed by atoms with Crippen molar-refractivity contribution in [3.63, 3.8) is 0 Å². The summed E-state index contributed by atoms with van der Waals surface area (Å²) in [5.41, 5.74) is 0.957. The van der Waals surface area contributed by atoms with Gasteiger partial charge in [-0.15, -0.1) is 10.2 Å². The van der Waals surface area contributed by atoms with Crippen molar-refractivity contribution in [1.82, 2.24) is 15.2 Å². The van der Waals surface area contributed by atoms with Gasteiger partial charge in [0.15, 0.2) is 5.01 Å². The first kappa shape index (κ1) is 17.6. The Balaban J connectivity index is 1.65. The van der Waals surface area contributed by atoms with Gasteiger partial charge in [0.25, 0.3) is 0 Å². The highest BCUT2D eigenvalue weighted by atomic mass is 79.9.